The molecule has 0 radical (unpaired) electrons. The van der Waals surface area contributed by atoms with E-state index in [0.717, 1.165) is 17.3 Å². The van der Waals surface area contributed by atoms with E-state index in [-0.39, 0.29) is 5.82 Å². The summed E-state index contributed by atoms with van der Waals surface area (Å²) in [5.74, 6) is -0.0604. The van der Waals surface area contributed by atoms with Gasteiger partial charge in [-0.2, -0.15) is 0 Å². The van der Waals surface area contributed by atoms with Gasteiger partial charge in [-0.05, 0) is 36.3 Å². The molecule has 0 bridgehead atoms. The minimum absolute atomic E-state index is 0.0604. The van der Waals surface area contributed by atoms with Crippen molar-refractivity contribution in [3.05, 3.63) is 35.6 Å². The van der Waals surface area contributed by atoms with Gasteiger partial charge in [0.2, 0.25) is 0 Å². The molecule has 0 spiro atoms. The molecule has 0 nitrogen and oxygen atoms in total. The SMILES string of the molecule is Fc1ccccc1CC1(CBr)CC1. The Morgan fingerprint density at radius 2 is 2.00 bits per heavy atom. The maximum Gasteiger partial charge on any atom is 0.126 e. The van der Waals surface area contributed by atoms with Gasteiger partial charge in [0.25, 0.3) is 0 Å². The molecule has 1 fully saturated rings. The van der Waals surface area contributed by atoms with Gasteiger partial charge in [0, 0.05) is 5.33 Å². The second-order valence-electron chi connectivity index (χ2n) is 3.90. The Morgan fingerprint density at radius 3 is 2.54 bits per heavy atom. The number of alkyl halides is 1. The van der Waals surface area contributed by atoms with Gasteiger partial charge >= 0.3 is 0 Å². The van der Waals surface area contributed by atoms with Crippen molar-refractivity contribution in [1.82, 2.24) is 0 Å². The number of halogens is 2. The Bertz CT molecular complexity index is 305. The number of hydrogen-bond acceptors (Lipinski definition) is 0. The van der Waals surface area contributed by atoms with Crippen molar-refractivity contribution < 1.29 is 4.39 Å². The third-order valence-corrected chi connectivity index (χ3v) is 3.95. The first kappa shape index (κ1) is 9.20. The van der Waals surface area contributed by atoms with E-state index in [1.807, 2.05) is 12.1 Å². The highest BCUT2D eigenvalue weighted by molar-refractivity contribution is 9.09. The largest absolute Gasteiger partial charge is 0.207 e. The van der Waals surface area contributed by atoms with Gasteiger partial charge in [-0.15, -0.1) is 0 Å². The molecule has 2 heteroatoms. The molecular weight excluding hydrogens is 231 g/mol. The van der Waals surface area contributed by atoms with Crippen molar-refractivity contribution in [2.45, 2.75) is 19.3 Å². The third-order valence-electron chi connectivity index (χ3n) is 2.76. The average molecular weight is 243 g/mol. The first-order valence-electron chi connectivity index (χ1n) is 4.55. The molecule has 2 rings (SSSR count). The van der Waals surface area contributed by atoms with E-state index in [1.54, 1.807) is 12.1 Å². The van der Waals surface area contributed by atoms with Crippen molar-refractivity contribution in [3.63, 3.8) is 0 Å². The Labute approximate surface area is 86.3 Å². The highest BCUT2D eigenvalue weighted by atomic mass is 79.9. The first-order valence-corrected chi connectivity index (χ1v) is 5.67. The lowest BCUT2D eigenvalue weighted by molar-refractivity contribution is 0.544. The Morgan fingerprint density at radius 1 is 1.31 bits per heavy atom. The lowest BCUT2D eigenvalue weighted by Gasteiger charge is -2.11. The quantitative estimate of drug-likeness (QED) is 0.712. The summed E-state index contributed by atoms with van der Waals surface area (Å²) >= 11 is 3.49. The van der Waals surface area contributed by atoms with Crippen molar-refractivity contribution in [2.75, 3.05) is 5.33 Å². The van der Waals surface area contributed by atoms with Crippen LogP contribution in [0.25, 0.3) is 0 Å². The third kappa shape index (κ3) is 1.93. The molecule has 0 heterocycles. The Kier molecular flexibility index (Phi) is 2.41. The van der Waals surface area contributed by atoms with Crippen molar-refractivity contribution in [1.29, 1.82) is 0 Å². The zero-order chi connectivity index (χ0) is 9.31. The summed E-state index contributed by atoms with van der Waals surface area (Å²) in [6.45, 7) is 0. The maximum atomic E-state index is 13.3. The fourth-order valence-electron chi connectivity index (χ4n) is 1.58. The van der Waals surface area contributed by atoms with Crippen LogP contribution in [-0.2, 0) is 6.42 Å². The normalized spacial score (nSPS) is 18.6. The first-order chi connectivity index (χ1) is 6.26. The van der Waals surface area contributed by atoms with E-state index in [4.69, 9.17) is 0 Å². The van der Waals surface area contributed by atoms with Gasteiger partial charge in [0.1, 0.15) is 5.82 Å². The van der Waals surface area contributed by atoms with Gasteiger partial charge < -0.3 is 0 Å². The minimum Gasteiger partial charge on any atom is -0.207 e. The standard InChI is InChI=1S/C11H12BrF/c12-8-11(5-6-11)7-9-3-1-2-4-10(9)13/h1-4H,5-8H2. The lowest BCUT2D eigenvalue weighted by atomic mass is 9.98. The van der Waals surface area contributed by atoms with Crippen molar-refractivity contribution in [3.8, 4) is 0 Å². The molecule has 1 aliphatic carbocycles. The summed E-state index contributed by atoms with van der Waals surface area (Å²) in [6.07, 6.45) is 3.34. The van der Waals surface area contributed by atoms with E-state index in [9.17, 15) is 4.39 Å². The average Bonchev–Trinajstić information content (AvgIpc) is 2.90. The Hall–Kier alpha value is -0.370. The molecule has 1 aromatic carbocycles. The molecule has 70 valence electrons. The van der Waals surface area contributed by atoms with Crippen LogP contribution in [0.2, 0.25) is 0 Å². The minimum atomic E-state index is -0.0604. The van der Waals surface area contributed by atoms with Gasteiger partial charge in [-0.3, -0.25) is 0 Å². The molecule has 0 amide bonds. The summed E-state index contributed by atoms with van der Waals surface area (Å²) in [4.78, 5) is 0. The molecule has 0 atom stereocenters. The highest BCUT2D eigenvalue weighted by Crippen LogP contribution is 2.49. The predicted molar refractivity (Wildman–Crippen MR) is 55.6 cm³/mol. The molecule has 0 unspecified atom stereocenters. The molecule has 0 aromatic heterocycles. The maximum absolute atomic E-state index is 13.3. The Balaban J connectivity index is 2.14. The van der Waals surface area contributed by atoms with Crippen molar-refractivity contribution >= 4 is 15.9 Å². The summed E-state index contributed by atoms with van der Waals surface area (Å²) in [5.41, 5.74) is 1.22. The van der Waals surface area contributed by atoms with Crippen molar-refractivity contribution in [2.24, 2.45) is 5.41 Å². The van der Waals surface area contributed by atoms with E-state index in [2.05, 4.69) is 15.9 Å². The zero-order valence-corrected chi connectivity index (χ0v) is 8.98. The summed E-state index contributed by atoms with van der Waals surface area (Å²) in [5, 5.41) is 0.994. The van der Waals surface area contributed by atoms with Crippen LogP contribution >= 0.6 is 15.9 Å². The van der Waals surface area contributed by atoms with Gasteiger partial charge in [-0.1, -0.05) is 34.1 Å². The number of rotatable bonds is 3. The lowest BCUT2D eigenvalue weighted by Crippen LogP contribution is -2.07. The van der Waals surface area contributed by atoms with Crippen LogP contribution in [0.1, 0.15) is 18.4 Å². The topological polar surface area (TPSA) is 0 Å². The van der Waals surface area contributed by atoms with E-state index >= 15 is 0 Å². The predicted octanol–water partition coefficient (Wildman–Crippen LogP) is 3.54. The van der Waals surface area contributed by atoms with Crippen LogP contribution in [0.15, 0.2) is 24.3 Å². The second kappa shape index (κ2) is 3.41. The van der Waals surface area contributed by atoms with E-state index in [1.165, 1.54) is 12.8 Å². The van der Waals surface area contributed by atoms with Crippen LogP contribution in [0, 0.1) is 11.2 Å². The molecule has 13 heavy (non-hydrogen) atoms. The van der Waals surface area contributed by atoms with Crippen LogP contribution in [-0.4, -0.2) is 5.33 Å². The van der Waals surface area contributed by atoms with Gasteiger partial charge in [0.15, 0.2) is 0 Å². The zero-order valence-electron chi connectivity index (χ0n) is 7.39. The number of hydrogen-bond donors (Lipinski definition) is 0. The number of benzene rings is 1. The van der Waals surface area contributed by atoms with E-state index in [0.29, 0.717) is 5.41 Å². The molecule has 1 aliphatic rings. The molecule has 1 aromatic rings. The molecule has 0 aliphatic heterocycles. The van der Waals surface area contributed by atoms with Gasteiger partial charge in [-0.25, -0.2) is 4.39 Å². The van der Waals surface area contributed by atoms with Crippen LogP contribution in [0.4, 0.5) is 4.39 Å². The second-order valence-corrected chi connectivity index (χ2v) is 4.46. The fourth-order valence-corrected chi connectivity index (χ4v) is 2.34. The molecule has 0 saturated heterocycles. The van der Waals surface area contributed by atoms with Crippen LogP contribution in [0.3, 0.4) is 0 Å². The highest BCUT2D eigenvalue weighted by Gasteiger charge is 2.41. The van der Waals surface area contributed by atoms with E-state index < -0.39 is 0 Å². The van der Waals surface area contributed by atoms with Crippen LogP contribution < -0.4 is 0 Å². The summed E-state index contributed by atoms with van der Waals surface area (Å²) < 4.78 is 13.3. The summed E-state index contributed by atoms with van der Waals surface area (Å²) in [6, 6.07) is 7.08. The van der Waals surface area contributed by atoms with Crippen LogP contribution in [0.5, 0.6) is 0 Å². The summed E-state index contributed by atoms with van der Waals surface area (Å²) in [7, 11) is 0. The fraction of sp³-hybridized carbons (Fsp3) is 0.455. The van der Waals surface area contributed by atoms with Gasteiger partial charge in [0.05, 0.1) is 0 Å². The molecule has 0 N–H and O–H groups in total. The molecule has 1 saturated carbocycles. The monoisotopic (exact) mass is 242 g/mol. The molecular formula is C11H12BrF. The smallest absolute Gasteiger partial charge is 0.126 e.